The lowest BCUT2D eigenvalue weighted by atomic mass is 10.0. The second-order valence-corrected chi connectivity index (χ2v) is 2.66. The van der Waals surface area contributed by atoms with Crippen LogP contribution in [0, 0.1) is 5.92 Å². The van der Waals surface area contributed by atoms with Crippen molar-refractivity contribution in [3.63, 3.8) is 0 Å². The third kappa shape index (κ3) is 0.849. The van der Waals surface area contributed by atoms with Gasteiger partial charge in [-0.15, -0.1) is 0 Å². The van der Waals surface area contributed by atoms with Gasteiger partial charge in [-0.2, -0.15) is 0 Å². The summed E-state index contributed by atoms with van der Waals surface area (Å²) < 4.78 is 0. The van der Waals surface area contributed by atoms with Crippen LogP contribution in [0.2, 0.25) is 0 Å². The van der Waals surface area contributed by atoms with Crippen LogP contribution < -0.4 is 0 Å². The second kappa shape index (κ2) is 1.87. The van der Waals surface area contributed by atoms with E-state index in [4.69, 9.17) is 0 Å². The average molecular weight is 120 g/mol. The Morgan fingerprint density at radius 1 is 1.44 bits per heavy atom. The van der Waals surface area contributed by atoms with Crippen LogP contribution >= 0.6 is 0 Å². The molecule has 0 heteroatoms. The van der Waals surface area contributed by atoms with Gasteiger partial charge in [0.05, 0.1) is 0 Å². The highest BCUT2D eigenvalue weighted by molar-refractivity contribution is 5.48. The van der Waals surface area contributed by atoms with E-state index in [0.717, 1.165) is 5.57 Å². The molecule has 0 nitrogen and oxygen atoms in total. The second-order valence-electron chi connectivity index (χ2n) is 2.66. The number of hydrogen-bond donors (Lipinski definition) is 0. The highest BCUT2D eigenvalue weighted by atomic mass is 14.2. The first-order valence-electron chi connectivity index (χ1n) is 3.19. The average Bonchev–Trinajstić information content (AvgIpc) is 1.98. The van der Waals surface area contributed by atoms with Crippen molar-refractivity contribution in [3.05, 3.63) is 36.0 Å². The summed E-state index contributed by atoms with van der Waals surface area (Å²) in [7, 11) is 0. The van der Waals surface area contributed by atoms with E-state index in [0.29, 0.717) is 5.92 Å². The van der Waals surface area contributed by atoms with Gasteiger partial charge in [0.1, 0.15) is 0 Å². The summed E-state index contributed by atoms with van der Waals surface area (Å²) in [5.41, 5.74) is 3.65. The van der Waals surface area contributed by atoms with E-state index in [9.17, 15) is 0 Å². The monoisotopic (exact) mass is 120 g/mol. The van der Waals surface area contributed by atoms with Crippen molar-refractivity contribution in [3.8, 4) is 0 Å². The lowest BCUT2D eigenvalue weighted by Crippen LogP contribution is -1.91. The SMILES string of the molecule is C=C1C=C(C)C(C)C1=C. The fourth-order valence-electron chi connectivity index (χ4n) is 1.05. The molecule has 0 aromatic carbocycles. The van der Waals surface area contributed by atoms with Gasteiger partial charge >= 0.3 is 0 Å². The van der Waals surface area contributed by atoms with Crippen molar-refractivity contribution in [2.24, 2.45) is 5.92 Å². The molecule has 9 heavy (non-hydrogen) atoms. The maximum absolute atomic E-state index is 3.92. The van der Waals surface area contributed by atoms with Crippen LogP contribution in [0.5, 0.6) is 0 Å². The molecule has 0 spiro atoms. The lowest BCUT2D eigenvalue weighted by Gasteiger charge is -2.04. The predicted molar refractivity (Wildman–Crippen MR) is 41.2 cm³/mol. The highest BCUT2D eigenvalue weighted by Crippen LogP contribution is 2.31. The summed E-state index contributed by atoms with van der Waals surface area (Å²) in [5, 5.41) is 0. The van der Waals surface area contributed by atoms with Crippen LogP contribution in [-0.2, 0) is 0 Å². The Morgan fingerprint density at radius 2 is 2.00 bits per heavy atom. The van der Waals surface area contributed by atoms with Crippen molar-refractivity contribution in [1.82, 2.24) is 0 Å². The van der Waals surface area contributed by atoms with Crippen LogP contribution in [0.25, 0.3) is 0 Å². The van der Waals surface area contributed by atoms with E-state index in [2.05, 4.69) is 33.1 Å². The molecule has 1 atom stereocenters. The van der Waals surface area contributed by atoms with Gasteiger partial charge in [0.25, 0.3) is 0 Å². The van der Waals surface area contributed by atoms with E-state index >= 15 is 0 Å². The zero-order chi connectivity index (χ0) is 7.02. The predicted octanol–water partition coefficient (Wildman–Crippen LogP) is 2.69. The molecule has 0 saturated heterocycles. The molecule has 0 radical (unpaired) electrons. The molecule has 0 heterocycles. The fraction of sp³-hybridized carbons (Fsp3) is 0.333. The van der Waals surface area contributed by atoms with E-state index in [1.165, 1.54) is 11.1 Å². The van der Waals surface area contributed by atoms with Gasteiger partial charge < -0.3 is 0 Å². The molecule has 0 amide bonds. The van der Waals surface area contributed by atoms with Gasteiger partial charge in [0, 0.05) is 5.92 Å². The zero-order valence-electron chi connectivity index (χ0n) is 6.07. The van der Waals surface area contributed by atoms with E-state index in [1.807, 2.05) is 0 Å². The smallest absolute Gasteiger partial charge is 0.00202 e. The molecular formula is C9H12. The van der Waals surface area contributed by atoms with E-state index < -0.39 is 0 Å². The molecule has 0 aromatic rings. The maximum Gasteiger partial charge on any atom is 0.00202 e. The molecule has 0 fully saturated rings. The molecular weight excluding hydrogens is 108 g/mol. The first-order chi connectivity index (χ1) is 4.13. The first kappa shape index (κ1) is 6.34. The zero-order valence-corrected chi connectivity index (χ0v) is 6.07. The van der Waals surface area contributed by atoms with Gasteiger partial charge in [0.15, 0.2) is 0 Å². The molecule has 1 aliphatic carbocycles. The Hall–Kier alpha value is -0.780. The minimum atomic E-state index is 0.525. The Labute approximate surface area is 56.6 Å². The molecule has 0 N–H and O–H groups in total. The van der Waals surface area contributed by atoms with Crippen molar-refractivity contribution in [1.29, 1.82) is 0 Å². The summed E-state index contributed by atoms with van der Waals surface area (Å²) in [6, 6.07) is 0. The summed E-state index contributed by atoms with van der Waals surface area (Å²) in [5.74, 6) is 0.525. The van der Waals surface area contributed by atoms with Crippen LogP contribution in [0.3, 0.4) is 0 Å². The summed E-state index contributed by atoms with van der Waals surface area (Å²) in [6.45, 7) is 12.1. The standard InChI is InChI=1S/C9H12/c1-6-5-7(2)9(4)8(6)3/h5,9H,1,3H2,2,4H3. The Morgan fingerprint density at radius 3 is 2.11 bits per heavy atom. The van der Waals surface area contributed by atoms with Crippen molar-refractivity contribution >= 4 is 0 Å². The molecule has 0 aromatic heterocycles. The molecule has 0 saturated carbocycles. The summed E-state index contributed by atoms with van der Waals surface area (Å²) >= 11 is 0. The number of allylic oxidation sites excluding steroid dienone is 4. The quantitative estimate of drug-likeness (QED) is 0.461. The molecule has 0 bridgehead atoms. The third-order valence-corrected chi connectivity index (χ3v) is 2.02. The van der Waals surface area contributed by atoms with Crippen LogP contribution in [0.4, 0.5) is 0 Å². The largest absolute Gasteiger partial charge is 0.0947 e. The first-order valence-corrected chi connectivity index (χ1v) is 3.19. The maximum atomic E-state index is 3.92. The lowest BCUT2D eigenvalue weighted by molar-refractivity contribution is 0.850. The minimum absolute atomic E-state index is 0.525. The molecule has 1 unspecified atom stereocenters. The number of hydrogen-bond acceptors (Lipinski definition) is 0. The van der Waals surface area contributed by atoms with Crippen molar-refractivity contribution in [2.75, 3.05) is 0 Å². The van der Waals surface area contributed by atoms with Crippen LogP contribution in [-0.4, -0.2) is 0 Å². The van der Waals surface area contributed by atoms with Crippen LogP contribution in [0.15, 0.2) is 36.0 Å². The molecule has 0 aliphatic heterocycles. The fourth-order valence-corrected chi connectivity index (χ4v) is 1.05. The third-order valence-electron chi connectivity index (χ3n) is 2.02. The number of rotatable bonds is 0. The molecule has 48 valence electrons. The topological polar surface area (TPSA) is 0 Å². The van der Waals surface area contributed by atoms with Gasteiger partial charge in [0.2, 0.25) is 0 Å². The van der Waals surface area contributed by atoms with Gasteiger partial charge in [-0.05, 0) is 18.1 Å². The van der Waals surface area contributed by atoms with Gasteiger partial charge in [-0.25, -0.2) is 0 Å². The Kier molecular flexibility index (Phi) is 1.32. The van der Waals surface area contributed by atoms with Crippen molar-refractivity contribution in [2.45, 2.75) is 13.8 Å². The highest BCUT2D eigenvalue weighted by Gasteiger charge is 2.16. The van der Waals surface area contributed by atoms with Gasteiger partial charge in [-0.1, -0.05) is 31.7 Å². The van der Waals surface area contributed by atoms with E-state index in [1.54, 1.807) is 0 Å². The summed E-state index contributed by atoms with van der Waals surface area (Å²) in [4.78, 5) is 0. The Balaban J connectivity index is 2.95. The van der Waals surface area contributed by atoms with E-state index in [-0.39, 0.29) is 0 Å². The Bertz CT molecular complexity index is 194. The van der Waals surface area contributed by atoms with Crippen LogP contribution in [0.1, 0.15) is 13.8 Å². The minimum Gasteiger partial charge on any atom is -0.0947 e. The normalized spacial score (nSPS) is 26.9. The molecule has 1 rings (SSSR count). The molecule has 1 aliphatic rings. The summed E-state index contributed by atoms with van der Waals surface area (Å²) in [6.07, 6.45) is 2.10. The van der Waals surface area contributed by atoms with Crippen molar-refractivity contribution < 1.29 is 0 Å². The van der Waals surface area contributed by atoms with Gasteiger partial charge in [-0.3, -0.25) is 0 Å².